The summed E-state index contributed by atoms with van der Waals surface area (Å²) in [4.78, 5) is 36.8. The van der Waals surface area contributed by atoms with E-state index < -0.39 is 0 Å². The Morgan fingerprint density at radius 1 is 0.528 bits per heavy atom. The number of pyridine rings is 1. The molecule has 1 aromatic rings. The van der Waals surface area contributed by atoms with Gasteiger partial charge in [-0.1, -0.05) is 77.0 Å². The van der Waals surface area contributed by atoms with Crippen molar-refractivity contribution >= 4 is 11.8 Å². The fraction of sp³-hybridized carbons (Fsp3) is 0.774. The number of carbonyl (C=O) groups excluding carboxylic acids is 2. The molecule has 5 nitrogen and oxygen atoms in total. The lowest BCUT2D eigenvalue weighted by molar-refractivity contribution is 0.0431. The van der Waals surface area contributed by atoms with Gasteiger partial charge >= 0.3 is 0 Å². The third-order valence-electron chi connectivity index (χ3n) is 9.57. The normalized spacial score (nSPS) is 23.3. The molecule has 0 spiro atoms. The lowest BCUT2D eigenvalue weighted by atomic mass is 9.88. The minimum Gasteiger partial charge on any atom is -0.333 e. The highest BCUT2D eigenvalue weighted by Gasteiger charge is 2.35. The summed E-state index contributed by atoms with van der Waals surface area (Å²) >= 11 is 0. The van der Waals surface area contributed by atoms with Crippen molar-refractivity contribution in [3.05, 3.63) is 29.6 Å². The van der Waals surface area contributed by atoms with Crippen molar-refractivity contribution in [2.24, 2.45) is 0 Å². The first-order chi connectivity index (χ1) is 17.7. The van der Waals surface area contributed by atoms with Gasteiger partial charge in [0.05, 0.1) is 5.56 Å². The van der Waals surface area contributed by atoms with Crippen LogP contribution in [0, 0.1) is 0 Å². The van der Waals surface area contributed by atoms with Crippen LogP contribution in [0.4, 0.5) is 0 Å². The SMILES string of the molecule is O=C(c1ccc(C(=O)N(C2CCCCC2)C2CCCCC2)nc1)N(C1CCCCC1)C1CCCCC1. The molecule has 2 amide bonds. The number of hydrogen-bond acceptors (Lipinski definition) is 3. The van der Waals surface area contributed by atoms with Gasteiger partial charge in [0, 0.05) is 30.4 Å². The quantitative estimate of drug-likeness (QED) is 0.418. The molecular formula is C31H47N3O2. The fourth-order valence-corrected chi connectivity index (χ4v) is 7.62. The Kier molecular flexibility index (Phi) is 8.97. The maximum absolute atomic E-state index is 13.8. The molecule has 0 N–H and O–H groups in total. The summed E-state index contributed by atoms with van der Waals surface area (Å²) < 4.78 is 0. The molecule has 1 heterocycles. The van der Waals surface area contributed by atoms with E-state index in [9.17, 15) is 9.59 Å². The van der Waals surface area contributed by atoms with Gasteiger partial charge in [0.2, 0.25) is 0 Å². The molecule has 5 rings (SSSR count). The highest BCUT2D eigenvalue weighted by Crippen LogP contribution is 2.33. The predicted molar refractivity (Wildman–Crippen MR) is 144 cm³/mol. The first-order valence-electron chi connectivity index (χ1n) is 15.3. The zero-order valence-corrected chi connectivity index (χ0v) is 22.3. The van der Waals surface area contributed by atoms with E-state index in [1.165, 1.54) is 77.0 Å². The van der Waals surface area contributed by atoms with Gasteiger partial charge in [-0.3, -0.25) is 14.6 Å². The van der Waals surface area contributed by atoms with Crippen LogP contribution >= 0.6 is 0 Å². The van der Waals surface area contributed by atoms with Crippen LogP contribution < -0.4 is 0 Å². The van der Waals surface area contributed by atoms with E-state index in [1.54, 1.807) is 6.20 Å². The number of rotatable bonds is 6. The summed E-state index contributed by atoms with van der Waals surface area (Å²) in [5.74, 6) is 0.223. The van der Waals surface area contributed by atoms with Crippen LogP contribution in [0.3, 0.4) is 0 Å². The molecule has 0 bridgehead atoms. The highest BCUT2D eigenvalue weighted by atomic mass is 16.2. The van der Waals surface area contributed by atoms with E-state index in [4.69, 9.17) is 0 Å². The standard InChI is InChI=1S/C31H47N3O2/c35-30(33(25-13-5-1-6-14-25)26-15-7-2-8-16-26)24-21-22-29(32-23-24)31(36)34(27-17-9-3-10-18-27)28-19-11-4-12-20-28/h21-23,25-28H,1-20H2. The van der Waals surface area contributed by atoms with Gasteiger partial charge in [-0.25, -0.2) is 0 Å². The number of amides is 2. The fourth-order valence-electron chi connectivity index (χ4n) is 7.62. The molecule has 0 aromatic carbocycles. The average molecular weight is 494 g/mol. The predicted octanol–water partition coefficient (Wildman–Crippen LogP) is 7.30. The molecule has 4 aliphatic rings. The smallest absolute Gasteiger partial charge is 0.272 e. The van der Waals surface area contributed by atoms with Gasteiger partial charge in [0.1, 0.15) is 5.69 Å². The van der Waals surface area contributed by atoms with E-state index in [0.717, 1.165) is 51.4 Å². The van der Waals surface area contributed by atoms with Gasteiger partial charge in [0.15, 0.2) is 0 Å². The van der Waals surface area contributed by atoms with Crippen LogP contribution in [0.2, 0.25) is 0 Å². The van der Waals surface area contributed by atoms with Crippen LogP contribution in [0.1, 0.15) is 149 Å². The van der Waals surface area contributed by atoms with Crippen LogP contribution in [0.15, 0.2) is 18.3 Å². The van der Waals surface area contributed by atoms with Gasteiger partial charge in [-0.2, -0.15) is 0 Å². The van der Waals surface area contributed by atoms with E-state index in [2.05, 4.69) is 14.8 Å². The molecule has 1 aromatic heterocycles. The Labute approximate surface area is 218 Å². The topological polar surface area (TPSA) is 53.5 Å². The van der Waals surface area contributed by atoms with Crippen LogP contribution in [0.25, 0.3) is 0 Å². The zero-order valence-electron chi connectivity index (χ0n) is 22.3. The van der Waals surface area contributed by atoms with Crippen LogP contribution in [0.5, 0.6) is 0 Å². The Morgan fingerprint density at radius 2 is 0.889 bits per heavy atom. The van der Waals surface area contributed by atoms with Gasteiger partial charge < -0.3 is 9.80 Å². The summed E-state index contributed by atoms with van der Waals surface area (Å²) in [6.45, 7) is 0. The molecule has 0 unspecified atom stereocenters. The third-order valence-corrected chi connectivity index (χ3v) is 9.57. The summed E-state index contributed by atoms with van der Waals surface area (Å²) in [5, 5.41) is 0. The minimum atomic E-state index is 0.0872. The summed E-state index contributed by atoms with van der Waals surface area (Å²) in [6.07, 6.45) is 25.7. The molecule has 0 atom stereocenters. The van der Waals surface area contributed by atoms with Crippen LogP contribution in [-0.4, -0.2) is 50.8 Å². The van der Waals surface area contributed by atoms with E-state index in [0.29, 0.717) is 35.4 Å². The Morgan fingerprint density at radius 3 is 1.22 bits per heavy atom. The summed E-state index contributed by atoms with van der Waals surface area (Å²) in [7, 11) is 0. The molecule has 4 aliphatic carbocycles. The monoisotopic (exact) mass is 493 g/mol. The van der Waals surface area contributed by atoms with Crippen LogP contribution in [-0.2, 0) is 0 Å². The molecule has 4 fully saturated rings. The molecule has 0 aliphatic heterocycles. The molecular weight excluding hydrogens is 446 g/mol. The van der Waals surface area contributed by atoms with Crippen molar-refractivity contribution in [1.82, 2.24) is 14.8 Å². The second kappa shape index (κ2) is 12.6. The van der Waals surface area contributed by atoms with Gasteiger partial charge in [0.25, 0.3) is 11.8 Å². The Hall–Kier alpha value is -1.91. The first kappa shape index (κ1) is 25.7. The van der Waals surface area contributed by atoms with E-state index in [1.807, 2.05) is 12.1 Å². The third kappa shape index (κ3) is 5.97. The zero-order chi connectivity index (χ0) is 24.7. The van der Waals surface area contributed by atoms with Crippen molar-refractivity contribution in [2.45, 2.75) is 153 Å². The van der Waals surface area contributed by atoms with Gasteiger partial charge in [-0.05, 0) is 63.5 Å². The molecule has 0 radical (unpaired) electrons. The summed E-state index contributed by atoms with van der Waals surface area (Å²) in [5.41, 5.74) is 1.18. The van der Waals surface area contributed by atoms with Gasteiger partial charge in [-0.15, -0.1) is 0 Å². The molecule has 198 valence electrons. The number of carbonyl (C=O) groups is 2. The van der Waals surface area contributed by atoms with E-state index in [-0.39, 0.29) is 11.8 Å². The Bertz CT molecular complexity index is 738. The lowest BCUT2D eigenvalue weighted by Gasteiger charge is -2.42. The van der Waals surface area contributed by atoms with Crippen molar-refractivity contribution in [2.75, 3.05) is 0 Å². The first-order valence-corrected chi connectivity index (χ1v) is 15.3. The molecule has 5 heteroatoms. The second-order valence-corrected chi connectivity index (χ2v) is 12.0. The maximum atomic E-state index is 13.8. The van der Waals surface area contributed by atoms with Crippen molar-refractivity contribution in [3.63, 3.8) is 0 Å². The molecule has 36 heavy (non-hydrogen) atoms. The number of hydrogen-bond donors (Lipinski definition) is 0. The maximum Gasteiger partial charge on any atom is 0.272 e. The van der Waals surface area contributed by atoms with Crippen molar-refractivity contribution in [3.8, 4) is 0 Å². The molecule has 4 saturated carbocycles. The highest BCUT2D eigenvalue weighted by molar-refractivity contribution is 5.96. The van der Waals surface area contributed by atoms with E-state index >= 15 is 0 Å². The Balaban J connectivity index is 1.34. The largest absolute Gasteiger partial charge is 0.333 e. The average Bonchev–Trinajstić information content (AvgIpc) is 2.96. The minimum absolute atomic E-state index is 0.0872. The number of aromatic nitrogens is 1. The molecule has 0 saturated heterocycles. The number of nitrogens with zero attached hydrogens (tertiary/aromatic N) is 3. The lowest BCUT2D eigenvalue weighted by Crippen LogP contribution is -2.49. The van der Waals surface area contributed by atoms with Crippen molar-refractivity contribution < 1.29 is 9.59 Å². The summed E-state index contributed by atoms with van der Waals surface area (Å²) in [6, 6.07) is 5.17. The van der Waals surface area contributed by atoms with Crippen molar-refractivity contribution in [1.29, 1.82) is 0 Å². The second-order valence-electron chi connectivity index (χ2n) is 12.0.